The Morgan fingerprint density at radius 3 is 2.40 bits per heavy atom. The summed E-state index contributed by atoms with van der Waals surface area (Å²) in [5.74, 6) is -0.410. The van der Waals surface area contributed by atoms with E-state index in [1.54, 1.807) is 18.2 Å². The van der Waals surface area contributed by atoms with Crippen LogP contribution in [0.25, 0.3) is 11.0 Å². The van der Waals surface area contributed by atoms with Gasteiger partial charge in [0, 0.05) is 6.54 Å². The monoisotopic (exact) mass is 440 g/mol. The Hall–Kier alpha value is -3.28. The zero-order valence-corrected chi connectivity index (χ0v) is 17.6. The number of thiazole rings is 1. The third kappa shape index (κ3) is 4.17. The first-order valence-electron chi connectivity index (χ1n) is 8.82. The van der Waals surface area contributed by atoms with Gasteiger partial charge in [-0.25, -0.2) is 12.8 Å². The second-order valence-electron chi connectivity index (χ2n) is 6.43. The number of aryl methyl sites for hydroxylation is 1. The number of benzene rings is 2. The van der Waals surface area contributed by atoms with Crippen molar-refractivity contribution in [1.82, 2.24) is 4.57 Å². The molecule has 0 fully saturated rings. The van der Waals surface area contributed by atoms with Crippen molar-refractivity contribution in [2.24, 2.45) is 0 Å². The summed E-state index contributed by atoms with van der Waals surface area (Å²) in [6, 6.07) is 13.4. The second kappa shape index (κ2) is 8.61. The number of hydrogen-bond donors (Lipinski definition) is 0. The van der Waals surface area contributed by atoms with Gasteiger partial charge in [-0.15, -0.1) is 17.9 Å². The minimum absolute atomic E-state index is 0.0244. The summed E-state index contributed by atoms with van der Waals surface area (Å²) in [5, 5.41) is 9.69. The number of nitriles is 1. The van der Waals surface area contributed by atoms with E-state index < -0.39 is 26.1 Å². The molecule has 0 N–H and O–H groups in total. The highest BCUT2D eigenvalue weighted by molar-refractivity contribution is 8.00. The fraction of sp³-hybridized carbons (Fsp3) is 0.0909. The molecule has 2 aromatic carbocycles. The molecule has 1 aromatic heterocycles. The van der Waals surface area contributed by atoms with Crippen LogP contribution < -0.4 is 14.8 Å². The van der Waals surface area contributed by atoms with Crippen molar-refractivity contribution in [3.63, 3.8) is 0 Å². The highest BCUT2D eigenvalue weighted by atomic mass is 32.2. The molecule has 1 heterocycles. The van der Waals surface area contributed by atoms with Gasteiger partial charge in [0.2, 0.25) is 9.84 Å². The maximum Gasteiger partial charge on any atom is 0.269 e. The van der Waals surface area contributed by atoms with Crippen molar-refractivity contribution in [3.8, 4) is 6.07 Å². The predicted molar refractivity (Wildman–Crippen MR) is 115 cm³/mol. The topological polar surface area (TPSA) is 79.9 Å². The third-order valence-electron chi connectivity index (χ3n) is 4.28. The minimum Gasteiger partial charge on any atom is -0.293 e. The molecule has 8 heteroatoms. The average molecular weight is 441 g/mol. The molecule has 0 amide bonds. The summed E-state index contributed by atoms with van der Waals surface area (Å²) >= 11 is 0.897. The Kier molecular flexibility index (Phi) is 6.15. The number of halogens is 1. The Bertz CT molecular complexity index is 1420. The number of aromatic nitrogens is 1. The fourth-order valence-corrected chi connectivity index (χ4v) is 5.40. The SMILES string of the molecule is C=CCn1c(=O)/c(=C/c2ccc(F)cc2)s/c1=C(/C#N)S(=O)(=O)c1ccc(C)cc1. The van der Waals surface area contributed by atoms with E-state index in [-0.39, 0.29) is 20.6 Å². The molecule has 0 aliphatic carbocycles. The summed E-state index contributed by atoms with van der Waals surface area (Å²) in [4.78, 5) is 12.3. The Labute approximate surface area is 176 Å². The van der Waals surface area contributed by atoms with Crippen LogP contribution >= 0.6 is 11.3 Å². The van der Waals surface area contributed by atoms with Crippen molar-refractivity contribution in [1.29, 1.82) is 5.26 Å². The van der Waals surface area contributed by atoms with Gasteiger partial charge in [0.25, 0.3) is 5.56 Å². The molecule has 0 atom stereocenters. The Morgan fingerprint density at radius 2 is 1.83 bits per heavy atom. The smallest absolute Gasteiger partial charge is 0.269 e. The highest BCUT2D eigenvalue weighted by Gasteiger charge is 2.24. The van der Waals surface area contributed by atoms with Gasteiger partial charge in [-0.05, 0) is 42.8 Å². The van der Waals surface area contributed by atoms with Crippen LogP contribution in [0.15, 0.2) is 70.9 Å². The molecule has 0 unspecified atom stereocenters. The van der Waals surface area contributed by atoms with Gasteiger partial charge in [-0.1, -0.05) is 35.9 Å². The van der Waals surface area contributed by atoms with Gasteiger partial charge >= 0.3 is 0 Å². The van der Waals surface area contributed by atoms with E-state index in [4.69, 9.17) is 0 Å². The van der Waals surface area contributed by atoms with Crippen molar-refractivity contribution < 1.29 is 12.8 Å². The van der Waals surface area contributed by atoms with E-state index in [1.165, 1.54) is 53.1 Å². The predicted octanol–water partition coefficient (Wildman–Crippen LogP) is 2.48. The third-order valence-corrected chi connectivity index (χ3v) is 7.26. The molecule has 0 bridgehead atoms. The molecule has 0 saturated carbocycles. The van der Waals surface area contributed by atoms with E-state index in [0.29, 0.717) is 5.56 Å². The molecule has 0 aliphatic rings. The first kappa shape index (κ1) is 21.4. The lowest BCUT2D eigenvalue weighted by Crippen LogP contribution is -2.32. The van der Waals surface area contributed by atoms with Crippen LogP contribution in [-0.4, -0.2) is 13.0 Å². The quantitative estimate of drug-likeness (QED) is 0.571. The molecule has 30 heavy (non-hydrogen) atoms. The lowest BCUT2D eigenvalue weighted by atomic mass is 10.2. The molecule has 0 spiro atoms. The van der Waals surface area contributed by atoms with Crippen LogP contribution in [0, 0.1) is 24.1 Å². The molecule has 0 radical (unpaired) electrons. The number of allylic oxidation sites excluding steroid dienone is 1. The first-order valence-corrected chi connectivity index (χ1v) is 11.1. The first-order chi connectivity index (χ1) is 14.3. The van der Waals surface area contributed by atoms with Gasteiger partial charge in [0.1, 0.15) is 16.5 Å². The summed E-state index contributed by atoms with van der Waals surface area (Å²) < 4.78 is 40.8. The van der Waals surface area contributed by atoms with E-state index in [0.717, 1.165) is 16.9 Å². The molecular weight excluding hydrogens is 423 g/mol. The molecule has 152 valence electrons. The Balaban J connectivity index is 2.34. The molecule has 3 aromatic rings. The number of sulfone groups is 1. The van der Waals surface area contributed by atoms with E-state index in [9.17, 15) is 22.9 Å². The van der Waals surface area contributed by atoms with Crippen LogP contribution in [0.2, 0.25) is 0 Å². The molecular formula is C22H17FN2O3S2. The van der Waals surface area contributed by atoms with Crippen molar-refractivity contribution in [3.05, 3.63) is 97.7 Å². The summed E-state index contributed by atoms with van der Waals surface area (Å²) in [7, 11) is -4.14. The van der Waals surface area contributed by atoms with Gasteiger partial charge in [-0.2, -0.15) is 5.26 Å². The van der Waals surface area contributed by atoms with Crippen LogP contribution in [0.3, 0.4) is 0 Å². The highest BCUT2D eigenvalue weighted by Crippen LogP contribution is 2.19. The zero-order valence-electron chi connectivity index (χ0n) is 16.0. The number of nitrogens with zero attached hydrogens (tertiary/aromatic N) is 2. The van der Waals surface area contributed by atoms with Crippen LogP contribution in [0.5, 0.6) is 0 Å². The molecule has 5 nitrogen and oxygen atoms in total. The minimum atomic E-state index is -4.14. The van der Waals surface area contributed by atoms with Crippen LogP contribution in [-0.2, 0) is 16.4 Å². The van der Waals surface area contributed by atoms with Gasteiger partial charge in [0.05, 0.1) is 9.43 Å². The summed E-state index contributed by atoms with van der Waals surface area (Å²) in [6.07, 6.45) is 2.98. The van der Waals surface area contributed by atoms with Gasteiger partial charge < -0.3 is 0 Å². The largest absolute Gasteiger partial charge is 0.293 e. The van der Waals surface area contributed by atoms with Crippen molar-refractivity contribution >= 4 is 32.2 Å². The van der Waals surface area contributed by atoms with E-state index in [1.807, 2.05) is 6.92 Å². The molecule has 0 aliphatic heterocycles. The average Bonchev–Trinajstić information content (AvgIpc) is 3.00. The molecule has 3 rings (SSSR count). The Morgan fingerprint density at radius 1 is 1.20 bits per heavy atom. The lowest BCUT2D eigenvalue weighted by Gasteiger charge is -2.04. The number of rotatable bonds is 5. The fourth-order valence-electron chi connectivity index (χ4n) is 2.75. The van der Waals surface area contributed by atoms with Crippen molar-refractivity contribution in [2.75, 3.05) is 0 Å². The summed E-state index contributed by atoms with van der Waals surface area (Å²) in [5.41, 5.74) is 1.00. The van der Waals surface area contributed by atoms with E-state index >= 15 is 0 Å². The second-order valence-corrected chi connectivity index (χ2v) is 9.35. The number of hydrogen-bond acceptors (Lipinski definition) is 5. The normalized spacial score (nSPS) is 13.0. The maximum absolute atomic E-state index is 13.1. The van der Waals surface area contributed by atoms with Crippen LogP contribution in [0.1, 0.15) is 11.1 Å². The zero-order chi connectivity index (χ0) is 21.9. The lowest BCUT2D eigenvalue weighted by molar-refractivity contribution is 0.605. The molecule has 0 saturated heterocycles. The van der Waals surface area contributed by atoms with Crippen LogP contribution in [0.4, 0.5) is 4.39 Å². The standard InChI is InChI=1S/C22H17FN2O3S2/c1-3-12-25-21(26)19(13-16-6-8-17(23)9-7-16)29-22(25)20(14-24)30(27,28)18-10-4-15(2)5-11-18/h3-11,13H,1,12H2,2H3/b19-13-,22-20-. The van der Waals surface area contributed by atoms with Crippen molar-refractivity contribution in [2.45, 2.75) is 18.4 Å². The van der Waals surface area contributed by atoms with Gasteiger partial charge in [0.15, 0.2) is 4.91 Å². The van der Waals surface area contributed by atoms with Gasteiger partial charge in [-0.3, -0.25) is 9.36 Å². The summed E-state index contributed by atoms with van der Waals surface area (Å²) in [6.45, 7) is 5.47. The maximum atomic E-state index is 13.1. The van der Waals surface area contributed by atoms with E-state index in [2.05, 4.69) is 6.58 Å².